The summed E-state index contributed by atoms with van der Waals surface area (Å²) in [6, 6.07) is 13.2. The Kier molecular flexibility index (Phi) is 9.78. The van der Waals surface area contributed by atoms with Crippen molar-refractivity contribution in [3.8, 4) is 6.19 Å². The van der Waals surface area contributed by atoms with Crippen molar-refractivity contribution in [2.75, 3.05) is 17.6 Å². The molecule has 0 radical (unpaired) electrons. The van der Waals surface area contributed by atoms with Gasteiger partial charge in [0.1, 0.15) is 5.76 Å². The third kappa shape index (κ3) is 8.22. The van der Waals surface area contributed by atoms with Gasteiger partial charge in [-0.2, -0.15) is 9.57 Å². The van der Waals surface area contributed by atoms with Crippen LogP contribution in [0.2, 0.25) is 0 Å². The average molecular weight is 472 g/mol. The Morgan fingerprint density at radius 1 is 1.09 bits per heavy atom. The van der Waals surface area contributed by atoms with E-state index >= 15 is 0 Å². The van der Waals surface area contributed by atoms with E-state index in [1.54, 1.807) is 16.6 Å². The molecule has 9 heteroatoms. The molecule has 0 unspecified atom stereocenters. The fraction of sp³-hybridized carbons (Fsp3) is 0.500. The first-order valence-electron chi connectivity index (χ1n) is 11.6. The molecule has 0 bridgehead atoms. The van der Waals surface area contributed by atoms with E-state index in [1.807, 2.05) is 42.6 Å². The van der Waals surface area contributed by atoms with Gasteiger partial charge in [-0.3, -0.25) is 10.3 Å². The summed E-state index contributed by atoms with van der Waals surface area (Å²) in [5.74, 6) is 1.26. The molecule has 1 aromatic heterocycles. The molecule has 0 spiro atoms. The molecule has 33 heavy (non-hydrogen) atoms. The summed E-state index contributed by atoms with van der Waals surface area (Å²) in [6.45, 7) is 0.876. The molecule has 1 fully saturated rings. The van der Waals surface area contributed by atoms with Gasteiger partial charge in [-0.1, -0.05) is 43.9 Å². The first kappa shape index (κ1) is 24.8. The number of nitriles is 1. The van der Waals surface area contributed by atoms with Crippen LogP contribution in [0.4, 0.5) is 5.69 Å². The van der Waals surface area contributed by atoms with Gasteiger partial charge in [-0.05, 0) is 49.9 Å². The molecule has 0 saturated heterocycles. The first-order valence-corrected chi connectivity index (χ1v) is 13.2. The zero-order valence-electron chi connectivity index (χ0n) is 18.9. The van der Waals surface area contributed by atoms with E-state index in [4.69, 9.17) is 9.68 Å². The van der Waals surface area contributed by atoms with Gasteiger partial charge in [0.2, 0.25) is 16.0 Å². The van der Waals surface area contributed by atoms with E-state index in [0.29, 0.717) is 31.2 Å². The molecule has 1 aliphatic rings. The van der Waals surface area contributed by atoms with E-state index in [2.05, 4.69) is 15.6 Å². The van der Waals surface area contributed by atoms with Crippen LogP contribution in [0, 0.1) is 11.5 Å². The lowest BCUT2D eigenvalue weighted by Gasteiger charge is -2.27. The molecule has 178 valence electrons. The number of hydrogen-bond acceptors (Lipinski definition) is 5. The van der Waals surface area contributed by atoms with Crippen molar-refractivity contribution in [2.45, 2.75) is 64.0 Å². The fourth-order valence-corrected chi connectivity index (χ4v) is 5.87. The molecule has 0 atom stereocenters. The minimum Gasteiger partial charge on any atom is -0.468 e. The van der Waals surface area contributed by atoms with Crippen LogP contribution in [0.1, 0.15) is 57.1 Å². The largest absolute Gasteiger partial charge is 0.468 e. The molecule has 2 aromatic rings. The summed E-state index contributed by atoms with van der Waals surface area (Å²) in [4.78, 5) is 4.41. The molecule has 1 aromatic carbocycles. The number of rotatable bonds is 12. The Morgan fingerprint density at radius 3 is 2.55 bits per heavy atom. The second kappa shape index (κ2) is 13.0. The number of benzene rings is 1. The highest BCUT2D eigenvalue weighted by Gasteiger charge is 2.32. The lowest BCUT2D eigenvalue weighted by molar-refractivity contribution is 0.291. The molecule has 1 heterocycles. The molecule has 3 rings (SSSR count). The number of furan rings is 1. The number of nitrogens with one attached hydrogen (secondary N) is 2. The maximum absolute atomic E-state index is 13.1. The maximum Gasteiger partial charge on any atom is 0.214 e. The lowest BCUT2D eigenvalue weighted by Crippen LogP contribution is -2.39. The summed E-state index contributed by atoms with van der Waals surface area (Å²) >= 11 is 0. The number of nitrogens with zero attached hydrogens (tertiary/aromatic N) is 3. The summed E-state index contributed by atoms with van der Waals surface area (Å²) < 4.78 is 33.2. The van der Waals surface area contributed by atoms with Gasteiger partial charge in [-0.15, -0.1) is 0 Å². The normalized spacial score (nSPS) is 15.0. The van der Waals surface area contributed by atoms with E-state index in [0.717, 1.165) is 50.6 Å². The predicted molar refractivity (Wildman–Crippen MR) is 130 cm³/mol. The van der Waals surface area contributed by atoms with Gasteiger partial charge in [0.05, 0.1) is 18.6 Å². The minimum atomic E-state index is -3.34. The number of hydrogen-bond donors (Lipinski definition) is 2. The standard InChI is InChI=1S/C24H33N5O3S/c25-20-27-24(28-21-11-4-3-5-12-21)26-16-8-1-2-9-18-33(30,31)29(22-13-6-7-14-22)19-23-15-10-17-32-23/h3-5,10-12,15,17,22H,1-2,6-9,13-14,16,18-19H2,(H2,26,27,28). The Bertz CT molecular complexity index is 994. The Labute approximate surface area is 196 Å². The molecule has 0 aliphatic heterocycles. The van der Waals surface area contributed by atoms with Gasteiger partial charge in [-0.25, -0.2) is 8.42 Å². The van der Waals surface area contributed by atoms with Gasteiger partial charge < -0.3 is 9.73 Å². The summed E-state index contributed by atoms with van der Waals surface area (Å²) in [7, 11) is -3.34. The summed E-state index contributed by atoms with van der Waals surface area (Å²) in [5.41, 5.74) is 0.852. The van der Waals surface area contributed by atoms with Crippen LogP contribution in [-0.2, 0) is 16.6 Å². The fourth-order valence-electron chi connectivity index (χ4n) is 4.08. The second-order valence-corrected chi connectivity index (χ2v) is 10.3. The van der Waals surface area contributed by atoms with E-state index in [1.165, 1.54) is 0 Å². The number of anilines is 1. The van der Waals surface area contributed by atoms with Crippen molar-refractivity contribution < 1.29 is 12.8 Å². The van der Waals surface area contributed by atoms with Crippen molar-refractivity contribution in [1.82, 2.24) is 9.62 Å². The number of sulfonamides is 1. The second-order valence-electron chi connectivity index (χ2n) is 8.25. The Balaban J connectivity index is 1.42. The quantitative estimate of drug-likeness (QED) is 0.156. The maximum atomic E-state index is 13.1. The first-order chi connectivity index (χ1) is 16.1. The van der Waals surface area contributed by atoms with Crippen LogP contribution in [0.25, 0.3) is 0 Å². The number of guanidine groups is 1. The summed E-state index contributed by atoms with van der Waals surface area (Å²) in [6.07, 6.45) is 10.6. The van der Waals surface area contributed by atoms with E-state index in [9.17, 15) is 8.42 Å². The number of para-hydroxylation sites is 1. The predicted octanol–water partition coefficient (Wildman–Crippen LogP) is 4.45. The zero-order chi connectivity index (χ0) is 23.4. The van der Waals surface area contributed by atoms with Crippen molar-refractivity contribution in [3.63, 3.8) is 0 Å². The summed E-state index contributed by atoms with van der Waals surface area (Å²) in [5, 5.41) is 14.6. The SMILES string of the molecule is N#CNC(=NCCCCCCS(=O)(=O)N(Cc1ccco1)C1CCCC1)Nc1ccccc1. The Hall–Kier alpha value is -2.83. The van der Waals surface area contributed by atoms with Crippen molar-refractivity contribution in [2.24, 2.45) is 4.99 Å². The Morgan fingerprint density at radius 2 is 1.85 bits per heavy atom. The van der Waals surface area contributed by atoms with E-state index in [-0.39, 0.29) is 11.8 Å². The molecular formula is C24H33N5O3S. The van der Waals surface area contributed by atoms with Gasteiger partial charge in [0.15, 0.2) is 6.19 Å². The lowest BCUT2D eigenvalue weighted by atomic mass is 10.2. The minimum absolute atomic E-state index is 0.0811. The van der Waals surface area contributed by atoms with Crippen LogP contribution >= 0.6 is 0 Å². The average Bonchev–Trinajstić information content (AvgIpc) is 3.52. The van der Waals surface area contributed by atoms with E-state index < -0.39 is 10.0 Å². The third-order valence-electron chi connectivity index (χ3n) is 5.77. The van der Waals surface area contributed by atoms with Gasteiger partial charge >= 0.3 is 0 Å². The van der Waals surface area contributed by atoms with Gasteiger partial charge in [0, 0.05) is 18.3 Å². The topological polar surface area (TPSA) is 111 Å². The highest BCUT2D eigenvalue weighted by atomic mass is 32.2. The molecule has 0 amide bonds. The van der Waals surface area contributed by atoms with Crippen LogP contribution < -0.4 is 10.6 Å². The molecular weight excluding hydrogens is 438 g/mol. The highest BCUT2D eigenvalue weighted by Crippen LogP contribution is 2.28. The smallest absolute Gasteiger partial charge is 0.214 e. The number of aliphatic imine (C=N–C) groups is 1. The van der Waals surface area contributed by atoms with Crippen molar-refractivity contribution in [1.29, 1.82) is 5.26 Å². The molecule has 1 saturated carbocycles. The van der Waals surface area contributed by atoms with Crippen LogP contribution in [-0.4, -0.2) is 37.0 Å². The molecule has 8 nitrogen and oxygen atoms in total. The monoisotopic (exact) mass is 471 g/mol. The zero-order valence-corrected chi connectivity index (χ0v) is 19.8. The van der Waals surface area contributed by atoms with Crippen molar-refractivity contribution >= 4 is 21.7 Å². The van der Waals surface area contributed by atoms with Crippen LogP contribution in [0.15, 0.2) is 58.1 Å². The molecule has 1 aliphatic carbocycles. The van der Waals surface area contributed by atoms with Crippen molar-refractivity contribution in [3.05, 3.63) is 54.5 Å². The highest BCUT2D eigenvalue weighted by molar-refractivity contribution is 7.89. The van der Waals surface area contributed by atoms with Gasteiger partial charge in [0.25, 0.3) is 0 Å². The molecule has 2 N–H and O–H groups in total. The van der Waals surface area contributed by atoms with Crippen LogP contribution in [0.5, 0.6) is 0 Å². The number of unbranched alkanes of at least 4 members (excludes halogenated alkanes) is 3. The third-order valence-corrected chi connectivity index (χ3v) is 7.72. The van der Waals surface area contributed by atoms with Crippen LogP contribution in [0.3, 0.4) is 0 Å².